The normalized spacial score (nSPS) is 14.2. The number of carbonyl (C=O) groups excluding carboxylic acids is 2. The number of anilines is 1. The number of carbonyl (C=O) groups is 2. The summed E-state index contributed by atoms with van der Waals surface area (Å²) in [4.78, 5) is 30.5. The number of benzene rings is 2. The van der Waals surface area contributed by atoms with Crippen LogP contribution in [0.3, 0.4) is 0 Å². The molecule has 2 heterocycles. The van der Waals surface area contributed by atoms with Crippen LogP contribution in [-0.2, 0) is 19.6 Å². The molecule has 0 radical (unpaired) electrons. The summed E-state index contributed by atoms with van der Waals surface area (Å²) in [5.74, 6) is -4.07. The summed E-state index contributed by atoms with van der Waals surface area (Å²) in [6.07, 6.45) is -5.41. The molecule has 0 unspecified atom stereocenters. The number of nitrogens with zero attached hydrogens (tertiary/aromatic N) is 2. The van der Waals surface area contributed by atoms with Gasteiger partial charge in [0, 0.05) is 28.6 Å². The number of hydrogen-bond donors (Lipinski definition) is 3. The standard InChI is InChI=1S/C37H43F3N4O6S2/c1-36(2,3)19-20-44(52(48,49)32-18-15-26(41)22-42-32)28(23-45)31-17-16-30(51-31)27(37(38,39)40)21-29(46)34(43-35(47)50-4)33(24-11-7-5-8-12-24)25-13-9-6-10-14-25/h5-18,22,27-28,33-34,45H,19-21,23,41H2,1-4H3,(H,43,47)/t27-,28-,34-/m1/s1. The van der Waals surface area contributed by atoms with Crippen LogP contribution < -0.4 is 11.1 Å². The lowest BCUT2D eigenvalue weighted by atomic mass is 9.81. The number of halogens is 3. The number of aromatic nitrogens is 1. The molecule has 52 heavy (non-hydrogen) atoms. The predicted molar refractivity (Wildman–Crippen MR) is 193 cm³/mol. The number of aliphatic hydroxyl groups is 1. The van der Waals surface area contributed by atoms with Gasteiger partial charge >= 0.3 is 12.3 Å². The zero-order valence-corrected chi connectivity index (χ0v) is 30.8. The van der Waals surface area contributed by atoms with Crippen LogP contribution in [0.4, 0.5) is 23.7 Å². The third-order valence-corrected chi connectivity index (χ3v) is 11.6. The summed E-state index contributed by atoms with van der Waals surface area (Å²) in [5, 5.41) is 12.7. The first-order valence-corrected chi connectivity index (χ1v) is 18.7. The SMILES string of the molecule is COC(=O)N[C@H](C(=O)C[C@H](c1ccc([C@@H](CO)N(CCC(C)(C)C)S(=O)(=O)c2ccc(N)cn2)s1)C(F)(F)F)C(c1ccccc1)c1ccccc1. The Labute approximate surface area is 305 Å². The van der Waals surface area contributed by atoms with E-state index in [2.05, 4.69) is 10.3 Å². The number of alkyl halides is 3. The molecule has 10 nitrogen and oxygen atoms in total. The summed E-state index contributed by atoms with van der Waals surface area (Å²) in [6.45, 7) is 4.91. The molecule has 3 atom stereocenters. The number of nitrogen functional groups attached to an aromatic ring is 1. The number of nitrogens with one attached hydrogen (secondary N) is 1. The fourth-order valence-corrected chi connectivity index (χ4v) is 8.57. The minimum Gasteiger partial charge on any atom is -0.453 e. The van der Waals surface area contributed by atoms with E-state index in [4.69, 9.17) is 10.5 Å². The fourth-order valence-electron chi connectivity index (χ4n) is 5.75. The number of hydrogen-bond acceptors (Lipinski definition) is 9. The van der Waals surface area contributed by atoms with Crippen LogP contribution in [0, 0.1) is 5.41 Å². The average molecular weight is 761 g/mol. The summed E-state index contributed by atoms with van der Waals surface area (Å²) in [5.41, 5.74) is 6.78. The van der Waals surface area contributed by atoms with Crippen molar-refractivity contribution in [2.24, 2.45) is 5.41 Å². The second kappa shape index (κ2) is 17.0. The zero-order chi connectivity index (χ0) is 38.3. The molecule has 2 aromatic heterocycles. The molecule has 4 rings (SSSR count). The molecular formula is C37H43F3N4O6S2. The Morgan fingerprint density at radius 1 is 0.942 bits per heavy atom. The van der Waals surface area contributed by atoms with Gasteiger partial charge in [-0.15, -0.1) is 11.3 Å². The van der Waals surface area contributed by atoms with E-state index in [1.807, 2.05) is 20.8 Å². The van der Waals surface area contributed by atoms with Crippen molar-refractivity contribution in [2.45, 2.75) is 68.7 Å². The van der Waals surface area contributed by atoms with Crippen molar-refractivity contribution < 1.29 is 41.0 Å². The zero-order valence-electron chi connectivity index (χ0n) is 29.2. The Bertz CT molecular complexity index is 1840. The van der Waals surface area contributed by atoms with E-state index in [-0.39, 0.29) is 32.4 Å². The summed E-state index contributed by atoms with van der Waals surface area (Å²) < 4.78 is 78.4. The van der Waals surface area contributed by atoms with Crippen molar-refractivity contribution in [1.82, 2.24) is 14.6 Å². The minimum atomic E-state index is -4.91. The molecule has 15 heteroatoms. The number of thiophene rings is 1. The molecule has 0 aliphatic carbocycles. The van der Waals surface area contributed by atoms with E-state index in [0.29, 0.717) is 28.9 Å². The number of ether oxygens (including phenoxy) is 1. The van der Waals surface area contributed by atoms with Crippen LogP contribution in [0.1, 0.15) is 72.4 Å². The molecule has 0 bridgehead atoms. The Kier molecular flexibility index (Phi) is 13.2. The highest BCUT2D eigenvalue weighted by Crippen LogP contribution is 2.44. The molecule has 280 valence electrons. The van der Waals surface area contributed by atoms with Gasteiger partial charge in [-0.25, -0.2) is 18.2 Å². The van der Waals surface area contributed by atoms with Crippen LogP contribution in [0.25, 0.3) is 0 Å². The molecule has 0 aliphatic rings. The first-order chi connectivity index (χ1) is 24.5. The van der Waals surface area contributed by atoms with Crippen molar-refractivity contribution in [2.75, 3.05) is 26.0 Å². The summed E-state index contributed by atoms with van der Waals surface area (Å²) in [7, 11) is -3.27. The van der Waals surface area contributed by atoms with Crippen molar-refractivity contribution in [3.05, 3.63) is 112 Å². The van der Waals surface area contributed by atoms with Crippen LogP contribution in [0.15, 0.2) is 96.2 Å². The minimum absolute atomic E-state index is 0.0707. The lowest BCUT2D eigenvalue weighted by molar-refractivity contribution is -0.156. The maximum absolute atomic E-state index is 14.9. The van der Waals surface area contributed by atoms with Gasteiger partial charge in [-0.3, -0.25) is 4.79 Å². The third-order valence-electron chi connectivity index (χ3n) is 8.51. The number of sulfonamides is 1. The van der Waals surface area contributed by atoms with Crippen LogP contribution in [-0.4, -0.2) is 67.2 Å². The van der Waals surface area contributed by atoms with E-state index in [1.54, 1.807) is 60.7 Å². The molecular weight excluding hydrogens is 718 g/mol. The van der Waals surface area contributed by atoms with E-state index in [0.717, 1.165) is 11.4 Å². The number of amides is 1. The van der Waals surface area contributed by atoms with E-state index >= 15 is 0 Å². The van der Waals surface area contributed by atoms with Gasteiger partial charge in [-0.1, -0.05) is 81.4 Å². The number of Topliss-reactive ketones (excluding diaryl/α,β-unsaturated/α-hetero) is 1. The Morgan fingerprint density at radius 2 is 1.52 bits per heavy atom. The highest BCUT2D eigenvalue weighted by molar-refractivity contribution is 7.89. The van der Waals surface area contributed by atoms with Gasteiger partial charge < -0.3 is 20.9 Å². The molecule has 2 aromatic carbocycles. The number of pyridine rings is 1. The smallest absolute Gasteiger partial charge is 0.407 e. The van der Waals surface area contributed by atoms with Gasteiger partial charge in [0.25, 0.3) is 10.0 Å². The van der Waals surface area contributed by atoms with Crippen LogP contribution in [0.2, 0.25) is 0 Å². The van der Waals surface area contributed by atoms with Gasteiger partial charge in [0.05, 0.1) is 37.6 Å². The second-order valence-corrected chi connectivity index (χ2v) is 16.5. The van der Waals surface area contributed by atoms with Gasteiger partial charge in [0.15, 0.2) is 10.8 Å². The highest BCUT2D eigenvalue weighted by atomic mass is 32.2. The lowest BCUT2D eigenvalue weighted by Gasteiger charge is -2.31. The summed E-state index contributed by atoms with van der Waals surface area (Å²) in [6, 6.07) is 19.7. The molecule has 0 saturated heterocycles. The number of aliphatic hydroxyl groups excluding tert-OH is 1. The van der Waals surface area contributed by atoms with Crippen molar-refractivity contribution in [3.8, 4) is 0 Å². The number of rotatable bonds is 15. The second-order valence-electron chi connectivity index (χ2n) is 13.5. The lowest BCUT2D eigenvalue weighted by Crippen LogP contribution is -2.46. The maximum atomic E-state index is 14.9. The van der Waals surface area contributed by atoms with E-state index in [9.17, 15) is 36.3 Å². The molecule has 0 aliphatic heterocycles. The average Bonchev–Trinajstić information content (AvgIpc) is 3.57. The molecule has 0 fully saturated rings. The fraction of sp³-hybridized carbons (Fsp3) is 0.378. The Balaban J connectivity index is 1.74. The quantitative estimate of drug-likeness (QED) is 0.117. The van der Waals surface area contributed by atoms with Crippen molar-refractivity contribution in [1.29, 1.82) is 0 Å². The molecule has 0 saturated carbocycles. The van der Waals surface area contributed by atoms with Gasteiger partial charge in [-0.2, -0.15) is 17.5 Å². The first-order valence-electron chi connectivity index (χ1n) is 16.4. The topological polar surface area (TPSA) is 152 Å². The van der Waals surface area contributed by atoms with Gasteiger partial charge in [-0.05, 0) is 47.2 Å². The van der Waals surface area contributed by atoms with Crippen LogP contribution >= 0.6 is 11.3 Å². The third kappa shape index (κ3) is 10.2. The maximum Gasteiger partial charge on any atom is 0.407 e. The summed E-state index contributed by atoms with van der Waals surface area (Å²) >= 11 is 0.658. The Morgan fingerprint density at radius 3 is 2.00 bits per heavy atom. The number of nitrogens with two attached hydrogens (primary N) is 1. The molecule has 0 spiro atoms. The molecule has 1 amide bonds. The van der Waals surface area contributed by atoms with Crippen molar-refractivity contribution >= 4 is 38.9 Å². The van der Waals surface area contributed by atoms with E-state index in [1.165, 1.54) is 30.5 Å². The predicted octanol–water partition coefficient (Wildman–Crippen LogP) is 7.05. The Hall–Kier alpha value is -4.31. The monoisotopic (exact) mass is 760 g/mol. The van der Waals surface area contributed by atoms with Crippen LogP contribution in [0.5, 0.6) is 0 Å². The van der Waals surface area contributed by atoms with Crippen molar-refractivity contribution in [3.63, 3.8) is 0 Å². The number of ketones is 1. The number of alkyl carbamates (subject to hydrolysis) is 1. The molecule has 4 aromatic rings. The van der Waals surface area contributed by atoms with E-state index < -0.39 is 65.0 Å². The number of methoxy groups -OCH3 is 1. The largest absolute Gasteiger partial charge is 0.453 e. The first kappa shape index (κ1) is 40.5. The van der Waals surface area contributed by atoms with Gasteiger partial charge in [0.2, 0.25) is 0 Å². The highest BCUT2D eigenvalue weighted by Gasteiger charge is 2.46. The molecule has 4 N–H and O–H groups in total. The van der Waals surface area contributed by atoms with Gasteiger partial charge in [0.1, 0.15) is 6.04 Å².